The molecule has 1 aromatic carbocycles. The summed E-state index contributed by atoms with van der Waals surface area (Å²) in [5, 5.41) is 29.2. The minimum absolute atomic E-state index is 0.0123. The highest BCUT2D eigenvalue weighted by molar-refractivity contribution is 5.89. The first kappa shape index (κ1) is 28.6. The van der Waals surface area contributed by atoms with E-state index in [4.69, 9.17) is 14.6 Å². The number of carboxylic acid groups (broad SMARTS) is 1. The molecule has 0 spiro atoms. The van der Waals surface area contributed by atoms with Gasteiger partial charge in [-0.1, -0.05) is 0 Å². The minimum atomic E-state index is -1.65. The Labute approximate surface area is 242 Å². The van der Waals surface area contributed by atoms with Crippen LogP contribution in [0.3, 0.4) is 0 Å². The van der Waals surface area contributed by atoms with Crippen molar-refractivity contribution in [2.45, 2.75) is 43.4 Å². The molecule has 3 aliphatic rings. The van der Waals surface area contributed by atoms with Crippen molar-refractivity contribution in [2.75, 3.05) is 42.6 Å². The lowest BCUT2D eigenvalue weighted by atomic mass is 9.92. The molecule has 1 atom stereocenters. The highest BCUT2D eigenvalue weighted by atomic mass is 19.1. The third-order valence-electron chi connectivity index (χ3n) is 7.84. The van der Waals surface area contributed by atoms with Crippen molar-refractivity contribution in [2.24, 2.45) is 0 Å². The number of carbonyl (C=O) groups is 2. The van der Waals surface area contributed by atoms with Gasteiger partial charge in [0.2, 0.25) is 5.43 Å². The van der Waals surface area contributed by atoms with Gasteiger partial charge in [0.25, 0.3) is 0 Å². The Bertz CT molecular complexity index is 1650. The molecule has 3 fully saturated rings. The molecule has 0 unspecified atom stereocenters. The Hall–Kier alpha value is -4.50. The number of rotatable bonds is 8. The number of anilines is 2. The first-order valence-corrected chi connectivity index (χ1v) is 13.7. The lowest BCUT2D eigenvalue weighted by molar-refractivity contribution is -0.0251. The quantitative estimate of drug-likeness (QED) is 0.325. The summed E-state index contributed by atoms with van der Waals surface area (Å²) >= 11 is 0. The maximum Gasteiger partial charge on any atom is 0.511 e. The van der Waals surface area contributed by atoms with E-state index in [-0.39, 0.29) is 80.0 Å². The van der Waals surface area contributed by atoms with Crippen LogP contribution in [-0.4, -0.2) is 81.7 Å². The van der Waals surface area contributed by atoms with Gasteiger partial charge in [0.05, 0.1) is 30.4 Å². The second-order valence-electron chi connectivity index (χ2n) is 10.9. The minimum Gasteiger partial charge on any atom is -0.488 e. The van der Waals surface area contributed by atoms with E-state index in [2.05, 4.69) is 9.72 Å². The van der Waals surface area contributed by atoms with Gasteiger partial charge in [0.1, 0.15) is 24.0 Å². The molecule has 6 rings (SSSR count). The Kier molecular flexibility index (Phi) is 7.30. The number of carbonyl (C=O) groups excluding carboxylic acids is 1. The topological polar surface area (TPSA) is 164 Å². The van der Waals surface area contributed by atoms with Crippen LogP contribution in [0.4, 0.5) is 29.9 Å². The number of fused-ring (bicyclic) bond motifs is 1. The highest BCUT2D eigenvalue weighted by Gasteiger charge is 2.36. The van der Waals surface area contributed by atoms with Gasteiger partial charge in [-0.15, -0.1) is 0 Å². The monoisotopic (exact) mass is 602 g/mol. The number of hydrogen-bond donors (Lipinski definition) is 3. The van der Waals surface area contributed by atoms with Crippen molar-refractivity contribution in [1.82, 2.24) is 9.55 Å². The molecule has 2 aromatic heterocycles. The van der Waals surface area contributed by atoms with Crippen LogP contribution < -0.4 is 24.7 Å². The first-order valence-electron chi connectivity index (χ1n) is 13.7. The fourth-order valence-corrected chi connectivity index (χ4v) is 5.33. The number of nitrogens with zero attached hydrogens (tertiary/aromatic N) is 4. The van der Waals surface area contributed by atoms with E-state index in [9.17, 15) is 29.0 Å². The smallest absolute Gasteiger partial charge is 0.488 e. The molecule has 1 aliphatic carbocycles. The van der Waals surface area contributed by atoms with Crippen LogP contribution in [0.15, 0.2) is 35.3 Å². The van der Waals surface area contributed by atoms with Gasteiger partial charge in [-0.25, -0.2) is 23.4 Å². The average molecular weight is 603 g/mol. The summed E-state index contributed by atoms with van der Waals surface area (Å²) in [7, 11) is 0. The molecule has 43 heavy (non-hydrogen) atoms. The summed E-state index contributed by atoms with van der Waals surface area (Å²) in [6.07, 6.45) is 0.105. The lowest BCUT2D eigenvalue weighted by Crippen LogP contribution is -2.48. The Morgan fingerprint density at radius 3 is 2.49 bits per heavy atom. The van der Waals surface area contributed by atoms with Crippen molar-refractivity contribution >= 4 is 34.8 Å². The van der Waals surface area contributed by atoms with Crippen LogP contribution in [-0.2, 0) is 4.74 Å². The summed E-state index contributed by atoms with van der Waals surface area (Å²) in [5.41, 5.74) is -1.69. The molecule has 0 bridgehead atoms. The van der Waals surface area contributed by atoms with Crippen LogP contribution in [0, 0.1) is 11.6 Å². The number of hydrogen-bond acceptors (Lipinski definition) is 10. The fraction of sp³-hybridized carbons (Fsp3) is 0.429. The zero-order chi connectivity index (χ0) is 30.5. The van der Waals surface area contributed by atoms with E-state index in [0.717, 1.165) is 25.0 Å². The molecule has 0 radical (unpaired) electrons. The normalized spacial score (nSPS) is 19.9. The Morgan fingerprint density at radius 2 is 1.86 bits per heavy atom. The van der Waals surface area contributed by atoms with Crippen molar-refractivity contribution in [3.63, 3.8) is 0 Å². The number of halogens is 2. The van der Waals surface area contributed by atoms with E-state index in [1.54, 1.807) is 9.47 Å². The summed E-state index contributed by atoms with van der Waals surface area (Å²) in [6, 6.07) is 4.91. The fourth-order valence-electron chi connectivity index (χ4n) is 5.33. The number of aliphatic hydroxyl groups is 2. The van der Waals surface area contributed by atoms with Gasteiger partial charge >= 0.3 is 12.2 Å². The maximum absolute atomic E-state index is 15.3. The zero-order valence-corrected chi connectivity index (χ0v) is 22.7. The molecule has 228 valence electrons. The number of benzene rings is 1. The van der Waals surface area contributed by atoms with Crippen LogP contribution in [0.25, 0.3) is 11.0 Å². The van der Waals surface area contributed by atoms with Crippen molar-refractivity contribution in [3.05, 3.63) is 52.3 Å². The summed E-state index contributed by atoms with van der Waals surface area (Å²) in [5.74, 6) is -2.10. The van der Waals surface area contributed by atoms with Crippen molar-refractivity contribution in [1.29, 1.82) is 0 Å². The Balaban J connectivity index is 1.14. The average Bonchev–Trinajstić information content (AvgIpc) is 3.75. The van der Waals surface area contributed by atoms with Crippen LogP contribution in [0.2, 0.25) is 0 Å². The maximum atomic E-state index is 15.3. The second kappa shape index (κ2) is 11.0. The molecule has 2 aliphatic heterocycles. The zero-order valence-electron chi connectivity index (χ0n) is 22.7. The van der Waals surface area contributed by atoms with Crippen LogP contribution in [0.5, 0.6) is 11.5 Å². The number of aromatic nitrogens is 2. The highest BCUT2D eigenvalue weighted by Crippen LogP contribution is 2.38. The molecule has 13 nitrogen and oxygen atoms in total. The molecule has 3 N–H and O–H groups in total. The number of cyclic esters (lactones) is 1. The van der Waals surface area contributed by atoms with E-state index >= 15 is 4.39 Å². The molecule has 3 aromatic rings. The van der Waals surface area contributed by atoms with Gasteiger partial charge in [-0.2, -0.15) is 0 Å². The molecular weight excluding hydrogens is 574 g/mol. The molecule has 4 heterocycles. The number of aliphatic hydroxyl groups excluding tert-OH is 1. The summed E-state index contributed by atoms with van der Waals surface area (Å²) in [6.45, 7) is -0.132. The third kappa shape index (κ3) is 5.64. The standard InChI is InChI=1S/C28H28F2N4O9/c29-19-9-16(34-11-17(13-35)42-26(34)37)3-4-21(19)41-14-28(40)5-7-32(8-6-28)25-20(30)10-18-23(36)22(43-27(38)39)12-33(15-1-2-15)24(18)31-25/h3-4,9-10,12,15,17,35,40H,1-2,5-8,11,13-14H2,(H,38,39)/t17-/m1/s1. The predicted molar refractivity (Wildman–Crippen MR) is 146 cm³/mol. The Morgan fingerprint density at radius 1 is 1.12 bits per heavy atom. The van der Waals surface area contributed by atoms with Gasteiger partial charge < -0.3 is 39.0 Å². The van der Waals surface area contributed by atoms with E-state index in [1.807, 2.05) is 0 Å². The summed E-state index contributed by atoms with van der Waals surface area (Å²) < 4.78 is 46.9. The third-order valence-corrected chi connectivity index (χ3v) is 7.84. The molecule has 2 saturated heterocycles. The van der Waals surface area contributed by atoms with Crippen molar-refractivity contribution in [3.8, 4) is 11.5 Å². The number of ether oxygens (including phenoxy) is 3. The van der Waals surface area contributed by atoms with Crippen molar-refractivity contribution < 1.29 is 47.9 Å². The largest absolute Gasteiger partial charge is 0.511 e. The van der Waals surface area contributed by atoms with Crippen LogP contribution in [0.1, 0.15) is 31.7 Å². The molecule has 1 amide bonds. The van der Waals surface area contributed by atoms with Gasteiger partial charge in [-0.3, -0.25) is 9.69 Å². The number of pyridine rings is 2. The van der Waals surface area contributed by atoms with Crippen LogP contribution >= 0.6 is 0 Å². The van der Waals surface area contributed by atoms with E-state index < -0.39 is 46.8 Å². The molecule has 1 saturated carbocycles. The van der Waals surface area contributed by atoms with Gasteiger partial charge in [0, 0.05) is 25.2 Å². The van der Waals surface area contributed by atoms with Gasteiger partial charge in [0.15, 0.2) is 29.0 Å². The lowest BCUT2D eigenvalue weighted by Gasteiger charge is -2.38. The first-order chi connectivity index (χ1) is 20.5. The summed E-state index contributed by atoms with van der Waals surface area (Å²) in [4.78, 5) is 43.1. The predicted octanol–water partition coefficient (Wildman–Crippen LogP) is 2.79. The van der Waals surface area contributed by atoms with E-state index in [1.165, 1.54) is 23.2 Å². The molecule has 15 heteroatoms. The van der Waals surface area contributed by atoms with E-state index in [0.29, 0.717) is 0 Å². The second-order valence-corrected chi connectivity index (χ2v) is 10.9. The number of piperidine rings is 1. The van der Waals surface area contributed by atoms with Gasteiger partial charge in [-0.05, 0) is 43.9 Å². The molecular formula is C28H28F2N4O9. The SMILES string of the molecule is O=C(O)Oc1cn(C2CC2)c2nc(N3CCC(O)(COc4ccc(N5C[C@H](CO)OC5=O)cc4F)CC3)c(F)cc2c1=O. The number of amides is 1.